The largest absolute Gasteiger partial charge is 0.352 e. The summed E-state index contributed by atoms with van der Waals surface area (Å²) in [4.78, 5) is 33.2. The lowest BCUT2D eigenvalue weighted by atomic mass is 10.2. The lowest BCUT2D eigenvalue weighted by Crippen LogP contribution is -2.25. The van der Waals surface area contributed by atoms with Gasteiger partial charge >= 0.3 is 0 Å². The average molecular weight is 447 g/mol. The van der Waals surface area contributed by atoms with Gasteiger partial charge in [-0.3, -0.25) is 9.59 Å². The fourth-order valence-corrected chi connectivity index (χ4v) is 4.55. The summed E-state index contributed by atoms with van der Waals surface area (Å²) in [5, 5.41) is 11.1. The molecule has 152 valence electrons. The SMILES string of the molecule is CSCCCNC(=O)c1csc(-c2csc(CCNC(=O)c3ccccc3)n2)n1. The second-order valence-electron chi connectivity index (χ2n) is 6.14. The molecule has 9 heteroatoms. The van der Waals surface area contributed by atoms with Gasteiger partial charge in [-0.1, -0.05) is 18.2 Å². The van der Waals surface area contributed by atoms with E-state index < -0.39 is 0 Å². The first kappa shape index (κ1) is 21.5. The van der Waals surface area contributed by atoms with E-state index in [0.29, 0.717) is 30.8 Å². The van der Waals surface area contributed by atoms with E-state index in [2.05, 4.69) is 20.6 Å². The number of thioether (sulfide) groups is 1. The lowest BCUT2D eigenvalue weighted by molar-refractivity contribution is 0.0943. The molecular weight excluding hydrogens is 424 g/mol. The molecule has 0 saturated heterocycles. The van der Waals surface area contributed by atoms with Crippen molar-refractivity contribution in [2.24, 2.45) is 0 Å². The number of aromatic nitrogens is 2. The van der Waals surface area contributed by atoms with E-state index in [1.807, 2.05) is 29.8 Å². The van der Waals surface area contributed by atoms with Crippen molar-refractivity contribution < 1.29 is 9.59 Å². The third-order valence-corrected chi connectivity index (χ3v) is 6.45. The Hall–Kier alpha value is -2.23. The van der Waals surface area contributed by atoms with Crippen LogP contribution < -0.4 is 10.6 Å². The number of amides is 2. The van der Waals surface area contributed by atoms with Crippen LogP contribution in [0.2, 0.25) is 0 Å². The van der Waals surface area contributed by atoms with Gasteiger partial charge < -0.3 is 10.6 Å². The molecule has 0 aliphatic heterocycles. The van der Waals surface area contributed by atoms with E-state index in [4.69, 9.17) is 0 Å². The first-order chi connectivity index (χ1) is 14.2. The van der Waals surface area contributed by atoms with Gasteiger partial charge in [0.05, 0.1) is 5.01 Å². The molecule has 0 aliphatic rings. The van der Waals surface area contributed by atoms with Crippen LogP contribution in [0, 0.1) is 0 Å². The average Bonchev–Trinajstić information content (AvgIpc) is 3.41. The molecule has 2 heterocycles. The zero-order chi connectivity index (χ0) is 20.5. The Bertz CT molecular complexity index is 940. The van der Waals surface area contributed by atoms with Gasteiger partial charge in [-0.15, -0.1) is 22.7 Å². The zero-order valence-electron chi connectivity index (χ0n) is 16.0. The molecule has 0 spiro atoms. The molecule has 0 saturated carbocycles. The molecule has 0 bridgehead atoms. The molecule has 3 rings (SSSR count). The third-order valence-electron chi connectivity index (χ3n) is 3.98. The minimum atomic E-state index is -0.146. The predicted octanol–water partition coefficient (Wildman–Crippen LogP) is 3.72. The summed E-state index contributed by atoms with van der Waals surface area (Å²) >= 11 is 4.71. The maximum atomic E-state index is 12.1. The van der Waals surface area contributed by atoms with Crippen LogP contribution in [0.15, 0.2) is 41.1 Å². The van der Waals surface area contributed by atoms with Crippen LogP contribution in [0.3, 0.4) is 0 Å². The van der Waals surface area contributed by atoms with Crippen molar-refractivity contribution in [2.45, 2.75) is 12.8 Å². The van der Waals surface area contributed by atoms with Crippen molar-refractivity contribution in [3.8, 4) is 10.7 Å². The number of rotatable bonds is 10. The third kappa shape index (κ3) is 6.38. The summed E-state index contributed by atoms with van der Waals surface area (Å²) in [5.41, 5.74) is 1.85. The molecule has 0 aliphatic carbocycles. The van der Waals surface area contributed by atoms with Gasteiger partial charge in [0, 0.05) is 35.8 Å². The number of hydrogen-bond acceptors (Lipinski definition) is 7. The summed E-state index contributed by atoms with van der Waals surface area (Å²) < 4.78 is 0. The van der Waals surface area contributed by atoms with Crippen molar-refractivity contribution in [1.29, 1.82) is 0 Å². The molecule has 0 unspecified atom stereocenters. The molecule has 0 atom stereocenters. The van der Waals surface area contributed by atoms with E-state index in [1.54, 1.807) is 29.3 Å². The summed E-state index contributed by atoms with van der Waals surface area (Å²) in [6.07, 6.45) is 3.64. The van der Waals surface area contributed by atoms with E-state index >= 15 is 0 Å². The highest BCUT2D eigenvalue weighted by atomic mass is 32.2. The highest BCUT2D eigenvalue weighted by Gasteiger charge is 2.14. The summed E-state index contributed by atoms with van der Waals surface area (Å²) in [6, 6.07) is 9.14. The number of nitrogens with zero attached hydrogens (tertiary/aromatic N) is 2. The number of carbonyl (C=O) groups excluding carboxylic acids is 2. The van der Waals surface area contributed by atoms with Gasteiger partial charge in [0.1, 0.15) is 16.4 Å². The van der Waals surface area contributed by atoms with E-state index in [9.17, 15) is 9.59 Å². The van der Waals surface area contributed by atoms with Gasteiger partial charge in [0.2, 0.25) is 0 Å². The topological polar surface area (TPSA) is 84.0 Å². The Morgan fingerprint density at radius 1 is 1.00 bits per heavy atom. The predicted molar refractivity (Wildman–Crippen MR) is 121 cm³/mol. The van der Waals surface area contributed by atoms with Crippen LogP contribution in [-0.2, 0) is 6.42 Å². The fraction of sp³-hybridized carbons (Fsp3) is 0.300. The lowest BCUT2D eigenvalue weighted by Gasteiger charge is -2.03. The molecule has 0 fully saturated rings. The van der Waals surface area contributed by atoms with Gasteiger partial charge in [-0.05, 0) is 30.6 Å². The van der Waals surface area contributed by atoms with Crippen molar-refractivity contribution in [2.75, 3.05) is 25.1 Å². The standard InChI is InChI=1S/C20H22N4O2S3/c1-27-11-5-9-21-19(26)15-12-29-20(24-15)16-13-28-17(23-16)8-10-22-18(25)14-6-3-2-4-7-14/h2-4,6-7,12-13H,5,8-11H2,1H3,(H,21,26)(H,22,25). The monoisotopic (exact) mass is 446 g/mol. The number of benzene rings is 1. The molecule has 2 aromatic heterocycles. The summed E-state index contributed by atoms with van der Waals surface area (Å²) in [5.74, 6) is 0.791. The highest BCUT2D eigenvalue weighted by molar-refractivity contribution is 7.98. The van der Waals surface area contributed by atoms with Gasteiger partial charge in [0.15, 0.2) is 0 Å². The van der Waals surface area contributed by atoms with Crippen LogP contribution >= 0.6 is 34.4 Å². The van der Waals surface area contributed by atoms with E-state index in [1.165, 1.54) is 22.7 Å². The van der Waals surface area contributed by atoms with Crippen LogP contribution in [-0.4, -0.2) is 46.9 Å². The zero-order valence-corrected chi connectivity index (χ0v) is 18.5. The summed E-state index contributed by atoms with van der Waals surface area (Å²) in [6.45, 7) is 1.17. The normalized spacial score (nSPS) is 10.7. The molecule has 2 N–H and O–H groups in total. The smallest absolute Gasteiger partial charge is 0.270 e. The number of nitrogens with one attached hydrogen (secondary N) is 2. The Labute approximate surface area is 182 Å². The van der Waals surface area contributed by atoms with Crippen molar-refractivity contribution in [3.05, 3.63) is 57.4 Å². The molecule has 6 nitrogen and oxygen atoms in total. The van der Waals surface area contributed by atoms with Crippen LogP contribution in [0.4, 0.5) is 0 Å². The second kappa shape index (κ2) is 11.1. The Morgan fingerprint density at radius 3 is 2.59 bits per heavy atom. The molecule has 0 radical (unpaired) electrons. The maximum absolute atomic E-state index is 12.1. The Balaban J connectivity index is 1.49. The maximum Gasteiger partial charge on any atom is 0.270 e. The molecule has 3 aromatic rings. The number of thiazole rings is 2. The molecular formula is C20H22N4O2S3. The Morgan fingerprint density at radius 2 is 1.79 bits per heavy atom. The second-order valence-corrected chi connectivity index (χ2v) is 8.92. The van der Waals surface area contributed by atoms with E-state index in [0.717, 1.165) is 27.9 Å². The van der Waals surface area contributed by atoms with Gasteiger partial charge in [-0.25, -0.2) is 9.97 Å². The quantitative estimate of drug-likeness (QED) is 0.464. The van der Waals surface area contributed by atoms with Gasteiger partial charge in [-0.2, -0.15) is 11.8 Å². The van der Waals surface area contributed by atoms with Crippen molar-refractivity contribution >= 4 is 46.2 Å². The minimum absolute atomic E-state index is 0.0875. The highest BCUT2D eigenvalue weighted by Crippen LogP contribution is 2.25. The Kier molecular flexibility index (Phi) is 8.21. The van der Waals surface area contributed by atoms with E-state index in [-0.39, 0.29) is 11.8 Å². The molecule has 1 aromatic carbocycles. The number of hydrogen-bond donors (Lipinski definition) is 2. The van der Waals surface area contributed by atoms with Gasteiger partial charge in [0.25, 0.3) is 11.8 Å². The number of carbonyl (C=O) groups is 2. The molecule has 2 amide bonds. The first-order valence-corrected chi connectivity index (χ1v) is 12.3. The van der Waals surface area contributed by atoms with Crippen LogP contribution in [0.25, 0.3) is 10.7 Å². The van der Waals surface area contributed by atoms with Crippen molar-refractivity contribution in [1.82, 2.24) is 20.6 Å². The van der Waals surface area contributed by atoms with Crippen LogP contribution in [0.5, 0.6) is 0 Å². The molecule has 29 heavy (non-hydrogen) atoms. The van der Waals surface area contributed by atoms with Crippen LogP contribution in [0.1, 0.15) is 32.3 Å². The summed E-state index contributed by atoms with van der Waals surface area (Å²) in [7, 11) is 0. The van der Waals surface area contributed by atoms with Crippen molar-refractivity contribution in [3.63, 3.8) is 0 Å². The minimum Gasteiger partial charge on any atom is -0.352 e. The fourth-order valence-electron chi connectivity index (χ4n) is 2.50. The first-order valence-electron chi connectivity index (χ1n) is 9.18.